The number of hydrogen-bond acceptors (Lipinski definition) is 6. The van der Waals surface area contributed by atoms with Crippen molar-refractivity contribution in [2.45, 2.75) is 77.6 Å². The summed E-state index contributed by atoms with van der Waals surface area (Å²) >= 11 is 0. The van der Waals surface area contributed by atoms with Crippen molar-refractivity contribution in [2.75, 3.05) is 6.61 Å². The number of ether oxygens (including phenoxy) is 1. The first-order valence-electron chi connectivity index (χ1n) is 11.5. The van der Waals surface area contributed by atoms with E-state index in [-0.39, 0.29) is 47.9 Å². The van der Waals surface area contributed by atoms with Gasteiger partial charge in [-0.2, -0.15) is 0 Å². The molecule has 4 rings (SSSR count). The van der Waals surface area contributed by atoms with E-state index >= 15 is 0 Å². The Morgan fingerprint density at radius 1 is 1.29 bits per heavy atom. The van der Waals surface area contributed by atoms with E-state index in [1.807, 2.05) is 26.8 Å². The van der Waals surface area contributed by atoms with Crippen LogP contribution in [0, 0.1) is 35.0 Å². The lowest BCUT2D eigenvalue weighted by molar-refractivity contribution is -0.188. The molecule has 6 nitrogen and oxygen atoms in total. The van der Waals surface area contributed by atoms with Gasteiger partial charge in [-0.3, -0.25) is 9.59 Å². The van der Waals surface area contributed by atoms with Crippen molar-refractivity contribution in [2.24, 2.45) is 35.0 Å². The molecule has 0 amide bonds. The topological polar surface area (TPSA) is 104 Å². The van der Waals surface area contributed by atoms with E-state index in [1.165, 1.54) is 0 Å². The molecule has 0 saturated heterocycles. The SMILES string of the molecule is CC[C@@H](C)C(=O)O[C@@]12C[C@@H](C)[C@@]3(O)[C@@H](C=C(CO)C[C@]4(O)C(=O)C(C)=C[C@@H]34)[C@@H]1C2(C)C. The van der Waals surface area contributed by atoms with Gasteiger partial charge in [-0.25, -0.2) is 0 Å². The van der Waals surface area contributed by atoms with Gasteiger partial charge in [0.1, 0.15) is 11.2 Å². The molecule has 2 saturated carbocycles. The molecular formula is C25H36O6. The van der Waals surface area contributed by atoms with Crippen LogP contribution in [0.4, 0.5) is 0 Å². The number of esters is 1. The van der Waals surface area contributed by atoms with Crippen LogP contribution in [-0.4, -0.2) is 50.5 Å². The lowest BCUT2D eigenvalue weighted by Gasteiger charge is -2.50. The van der Waals surface area contributed by atoms with Crippen molar-refractivity contribution < 1.29 is 29.6 Å². The number of Topliss-reactive ketones (excluding diaryl/α,β-unsaturated/α-hetero) is 1. The fraction of sp³-hybridized carbons (Fsp3) is 0.760. The molecule has 0 aromatic heterocycles. The zero-order chi connectivity index (χ0) is 23.1. The van der Waals surface area contributed by atoms with Crippen LogP contribution < -0.4 is 0 Å². The van der Waals surface area contributed by atoms with Crippen LogP contribution in [0.25, 0.3) is 0 Å². The average molecular weight is 433 g/mol. The third-order valence-electron chi connectivity index (χ3n) is 9.17. The number of ketones is 1. The maximum Gasteiger partial charge on any atom is 0.309 e. The highest BCUT2D eigenvalue weighted by Crippen LogP contribution is 2.76. The summed E-state index contributed by atoms with van der Waals surface area (Å²) in [6.45, 7) is 11.2. The van der Waals surface area contributed by atoms with Crippen LogP contribution in [0.5, 0.6) is 0 Å². The molecule has 0 unspecified atom stereocenters. The summed E-state index contributed by atoms with van der Waals surface area (Å²) in [7, 11) is 0. The van der Waals surface area contributed by atoms with Crippen molar-refractivity contribution in [3.05, 3.63) is 23.3 Å². The van der Waals surface area contributed by atoms with Gasteiger partial charge in [0.15, 0.2) is 5.78 Å². The summed E-state index contributed by atoms with van der Waals surface area (Å²) in [5, 5.41) is 33.7. The quantitative estimate of drug-likeness (QED) is 0.466. The number of hydrogen-bond donors (Lipinski definition) is 3. The van der Waals surface area contributed by atoms with Gasteiger partial charge in [-0.15, -0.1) is 0 Å². The lowest BCUT2D eigenvalue weighted by Crippen LogP contribution is -2.61. The molecule has 2 fully saturated rings. The fourth-order valence-electron chi connectivity index (χ4n) is 7.04. The molecule has 0 radical (unpaired) electrons. The van der Waals surface area contributed by atoms with E-state index in [0.717, 1.165) is 0 Å². The van der Waals surface area contributed by atoms with Gasteiger partial charge < -0.3 is 20.1 Å². The van der Waals surface area contributed by atoms with Gasteiger partial charge >= 0.3 is 5.97 Å². The van der Waals surface area contributed by atoms with E-state index in [4.69, 9.17) is 4.74 Å². The summed E-state index contributed by atoms with van der Waals surface area (Å²) < 4.78 is 6.19. The van der Waals surface area contributed by atoms with Gasteiger partial charge in [-0.05, 0) is 36.8 Å². The van der Waals surface area contributed by atoms with E-state index in [1.54, 1.807) is 13.0 Å². The maximum absolute atomic E-state index is 12.9. The number of fused-ring (bicyclic) bond motifs is 5. The largest absolute Gasteiger partial charge is 0.458 e. The normalized spacial score (nSPS) is 46.0. The highest BCUT2D eigenvalue weighted by atomic mass is 16.6. The minimum Gasteiger partial charge on any atom is -0.458 e. The van der Waals surface area contributed by atoms with Gasteiger partial charge in [0.25, 0.3) is 0 Å². The monoisotopic (exact) mass is 432 g/mol. The minimum absolute atomic E-state index is 0.000818. The first kappa shape index (κ1) is 22.7. The van der Waals surface area contributed by atoms with Gasteiger partial charge in [-0.1, -0.05) is 46.8 Å². The number of carbonyl (C=O) groups is 2. The second-order valence-electron chi connectivity index (χ2n) is 11.1. The Bertz CT molecular complexity index is 886. The number of rotatable bonds is 4. The smallest absolute Gasteiger partial charge is 0.309 e. The lowest BCUT2D eigenvalue weighted by atomic mass is 9.60. The average Bonchev–Trinajstić information content (AvgIpc) is 3.11. The highest BCUT2D eigenvalue weighted by Gasteiger charge is 2.83. The first-order chi connectivity index (χ1) is 14.3. The summed E-state index contributed by atoms with van der Waals surface area (Å²) in [4.78, 5) is 25.7. The second kappa shape index (κ2) is 6.75. The van der Waals surface area contributed by atoms with Crippen LogP contribution in [-0.2, 0) is 14.3 Å². The molecule has 0 aromatic carbocycles. The molecule has 3 N–H and O–H groups in total. The van der Waals surface area contributed by atoms with Crippen molar-refractivity contribution >= 4 is 11.8 Å². The van der Waals surface area contributed by atoms with Crippen LogP contribution in [0.15, 0.2) is 23.3 Å². The Hall–Kier alpha value is -1.50. The third kappa shape index (κ3) is 2.67. The van der Waals surface area contributed by atoms with Gasteiger partial charge in [0.2, 0.25) is 0 Å². The van der Waals surface area contributed by atoms with Crippen molar-refractivity contribution in [1.29, 1.82) is 0 Å². The molecule has 0 spiro atoms. The maximum atomic E-state index is 12.9. The predicted octanol–water partition coefficient (Wildman–Crippen LogP) is 2.56. The van der Waals surface area contributed by atoms with Crippen LogP contribution in [0.2, 0.25) is 0 Å². The molecule has 0 bridgehead atoms. The fourth-order valence-corrected chi connectivity index (χ4v) is 7.04. The molecule has 6 heteroatoms. The van der Waals surface area contributed by atoms with E-state index in [0.29, 0.717) is 24.0 Å². The Morgan fingerprint density at radius 3 is 2.52 bits per heavy atom. The standard InChI is InChI=1S/C25H36O6/c1-7-13(2)21(28)31-24-10-15(4)25(30)17(19(24)22(24,5)6)9-16(12-26)11-23(29)18(25)8-14(3)20(23)27/h8-9,13,15,17-19,26,29-30H,7,10-12H2,1-6H3/t13-,15-,17+,18-,19-,23-,24+,25-/m1/s1. The van der Waals surface area contributed by atoms with Crippen molar-refractivity contribution in [3.63, 3.8) is 0 Å². The Labute approximate surface area is 184 Å². The summed E-state index contributed by atoms with van der Waals surface area (Å²) in [6, 6.07) is 0. The number of carbonyl (C=O) groups excluding carboxylic acids is 2. The van der Waals surface area contributed by atoms with Crippen molar-refractivity contribution in [3.8, 4) is 0 Å². The first-order valence-corrected chi connectivity index (χ1v) is 11.5. The molecule has 31 heavy (non-hydrogen) atoms. The third-order valence-corrected chi connectivity index (χ3v) is 9.17. The molecule has 0 aliphatic heterocycles. The predicted molar refractivity (Wildman–Crippen MR) is 115 cm³/mol. The zero-order valence-electron chi connectivity index (χ0n) is 19.4. The van der Waals surface area contributed by atoms with Crippen LogP contribution >= 0.6 is 0 Å². The van der Waals surface area contributed by atoms with E-state index in [2.05, 4.69) is 13.8 Å². The second-order valence-corrected chi connectivity index (χ2v) is 11.1. The Kier molecular flexibility index (Phi) is 4.94. The number of aliphatic hydroxyl groups excluding tert-OH is 1. The van der Waals surface area contributed by atoms with Crippen molar-refractivity contribution in [1.82, 2.24) is 0 Å². The molecular weight excluding hydrogens is 396 g/mol. The summed E-state index contributed by atoms with van der Waals surface area (Å²) in [5.41, 5.74) is -3.23. The molecule has 8 atom stereocenters. The van der Waals surface area contributed by atoms with Crippen LogP contribution in [0.1, 0.15) is 60.8 Å². The highest BCUT2D eigenvalue weighted by molar-refractivity contribution is 6.04. The summed E-state index contributed by atoms with van der Waals surface area (Å²) in [6.07, 6.45) is 4.73. The molecule has 4 aliphatic rings. The molecule has 0 aromatic rings. The van der Waals surface area contributed by atoms with Gasteiger partial charge in [0, 0.05) is 29.6 Å². The van der Waals surface area contributed by atoms with Gasteiger partial charge in [0.05, 0.1) is 18.1 Å². The number of aliphatic hydroxyl groups is 3. The molecule has 0 heterocycles. The molecule has 4 aliphatic carbocycles. The Balaban J connectivity index is 1.83. The summed E-state index contributed by atoms with van der Waals surface area (Å²) in [5.74, 6) is -2.53. The molecule has 172 valence electrons. The minimum atomic E-state index is -1.76. The van der Waals surface area contributed by atoms with E-state index < -0.39 is 28.6 Å². The Morgan fingerprint density at radius 2 is 1.94 bits per heavy atom. The van der Waals surface area contributed by atoms with E-state index in [9.17, 15) is 24.9 Å². The van der Waals surface area contributed by atoms with Crippen LogP contribution in [0.3, 0.4) is 0 Å². The zero-order valence-corrected chi connectivity index (χ0v) is 19.4.